The minimum absolute atomic E-state index is 0.137. The number of hydrogen-bond acceptors (Lipinski definition) is 5. The molecule has 3 amide bonds. The summed E-state index contributed by atoms with van der Waals surface area (Å²) in [4.78, 5) is 30.5. The zero-order valence-electron chi connectivity index (χ0n) is 21.1. The Morgan fingerprint density at radius 1 is 0.944 bits per heavy atom. The Morgan fingerprint density at radius 3 is 2.69 bits per heavy atom. The Balaban J connectivity index is 1.26. The lowest BCUT2D eigenvalue weighted by Crippen LogP contribution is -2.59. The normalized spacial score (nSPS) is 26.8. The summed E-state index contributed by atoms with van der Waals surface area (Å²) >= 11 is 0. The van der Waals surface area contributed by atoms with E-state index in [0.29, 0.717) is 43.7 Å². The molecule has 9 nitrogen and oxygen atoms in total. The van der Waals surface area contributed by atoms with Crippen molar-refractivity contribution in [2.45, 2.75) is 64.1 Å². The number of carbonyl (C=O) groups is 2. The van der Waals surface area contributed by atoms with Crippen molar-refractivity contribution >= 4 is 11.9 Å². The highest BCUT2D eigenvalue weighted by molar-refractivity contribution is 5.76. The maximum atomic E-state index is 13.4. The van der Waals surface area contributed by atoms with Gasteiger partial charge in [0.05, 0.1) is 11.9 Å². The largest absolute Gasteiger partial charge is 0.339 e. The van der Waals surface area contributed by atoms with Gasteiger partial charge in [0.1, 0.15) is 0 Å². The summed E-state index contributed by atoms with van der Waals surface area (Å²) in [6.07, 6.45) is 7.80. The van der Waals surface area contributed by atoms with E-state index in [1.165, 1.54) is 12.0 Å². The van der Waals surface area contributed by atoms with Gasteiger partial charge in [0.2, 0.25) is 5.91 Å². The van der Waals surface area contributed by atoms with Gasteiger partial charge in [-0.25, -0.2) is 9.48 Å². The average molecular weight is 494 g/mol. The van der Waals surface area contributed by atoms with E-state index in [9.17, 15) is 9.59 Å². The van der Waals surface area contributed by atoms with E-state index in [0.717, 1.165) is 64.1 Å². The van der Waals surface area contributed by atoms with Crippen LogP contribution >= 0.6 is 0 Å². The van der Waals surface area contributed by atoms with Crippen LogP contribution in [0.2, 0.25) is 0 Å². The maximum absolute atomic E-state index is 13.4. The molecule has 194 valence electrons. The van der Waals surface area contributed by atoms with Crippen molar-refractivity contribution in [3.63, 3.8) is 0 Å². The number of urea groups is 1. The smallest absolute Gasteiger partial charge is 0.314 e. The van der Waals surface area contributed by atoms with Gasteiger partial charge < -0.3 is 15.5 Å². The maximum Gasteiger partial charge on any atom is 0.314 e. The van der Waals surface area contributed by atoms with Crippen LogP contribution in [0, 0.1) is 11.8 Å². The number of piperidine rings is 2. The minimum atomic E-state index is -0.137. The lowest BCUT2D eigenvalue weighted by molar-refractivity contribution is -0.141. The number of amides is 3. The van der Waals surface area contributed by atoms with E-state index in [1.807, 2.05) is 4.68 Å². The second-order valence-electron chi connectivity index (χ2n) is 10.6. The summed E-state index contributed by atoms with van der Waals surface area (Å²) in [5.41, 5.74) is 2.36. The monoisotopic (exact) mass is 493 g/mol. The molecule has 2 saturated heterocycles. The van der Waals surface area contributed by atoms with Crippen LogP contribution in [0.4, 0.5) is 4.79 Å². The first kappa shape index (κ1) is 24.7. The van der Waals surface area contributed by atoms with Crippen LogP contribution in [0.25, 0.3) is 0 Å². The third kappa shape index (κ3) is 6.24. The number of nitrogens with one attached hydrogen (secondary N) is 2. The van der Waals surface area contributed by atoms with Gasteiger partial charge in [0.15, 0.2) is 0 Å². The van der Waals surface area contributed by atoms with Gasteiger partial charge in [0, 0.05) is 64.7 Å². The van der Waals surface area contributed by atoms with E-state index in [4.69, 9.17) is 0 Å². The number of aryl methyl sites for hydroxylation is 1. The fourth-order valence-electron chi connectivity index (χ4n) is 6.30. The SMILES string of the molecule is O=C1NCCCC2[C@H]3CC(CN(Cc4ccccc4)C3)CN2C(=O)CCCCn2nncc2CCN1. The van der Waals surface area contributed by atoms with Crippen molar-refractivity contribution in [1.29, 1.82) is 0 Å². The number of aromatic nitrogens is 3. The highest BCUT2D eigenvalue weighted by Gasteiger charge is 2.42. The van der Waals surface area contributed by atoms with Crippen molar-refractivity contribution in [2.24, 2.45) is 11.8 Å². The number of nitrogens with zero attached hydrogens (tertiary/aromatic N) is 5. The van der Waals surface area contributed by atoms with Crippen molar-refractivity contribution in [2.75, 3.05) is 32.7 Å². The summed E-state index contributed by atoms with van der Waals surface area (Å²) in [5, 5.41) is 14.2. The summed E-state index contributed by atoms with van der Waals surface area (Å²) in [5.74, 6) is 1.31. The summed E-state index contributed by atoms with van der Waals surface area (Å²) in [7, 11) is 0. The molecule has 2 N–H and O–H groups in total. The molecule has 0 saturated carbocycles. The van der Waals surface area contributed by atoms with Crippen LogP contribution in [-0.2, 0) is 24.3 Å². The third-order valence-corrected chi connectivity index (χ3v) is 7.95. The van der Waals surface area contributed by atoms with Gasteiger partial charge in [0.25, 0.3) is 0 Å². The van der Waals surface area contributed by atoms with E-state index in [-0.39, 0.29) is 12.1 Å². The fourth-order valence-corrected chi connectivity index (χ4v) is 6.30. The van der Waals surface area contributed by atoms with Crippen LogP contribution in [0.1, 0.15) is 49.8 Å². The zero-order chi connectivity index (χ0) is 24.7. The number of likely N-dealkylation sites (tertiary alicyclic amines) is 1. The molecule has 2 unspecified atom stereocenters. The predicted molar refractivity (Wildman–Crippen MR) is 137 cm³/mol. The molecule has 0 spiro atoms. The molecule has 9 heteroatoms. The van der Waals surface area contributed by atoms with Gasteiger partial charge in [-0.3, -0.25) is 9.69 Å². The Bertz CT molecular complexity index is 1010. The Hall–Kier alpha value is -2.94. The van der Waals surface area contributed by atoms with Crippen LogP contribution < -0.4 is 10.6 Å². The zero-order valence-corrected chi connectivity index (χ0v) is 21.1. The van der Waals surface area contributed by atoms with Gasteiger partial charge in [-0.1, -0.05) is 35.5 Å². The molecular formula is C27H39N7O2. The second-order valence-corrected chi connectivity index (χ2v) is 10.6. The molecule has 2 bridgehead atoms. The lowest BCUT2D eigenvalue weighted by atomic mass is 9.77. The molecule has 0 aliphatic carbocycles. The molecule has 1 aromatic carbocycles. The van der Waals surface area contributed by atoms with Crippen LogP contribution in [0.3, 0.4) is 0 Å². The van der Waals surface area contributed by atoms with Gasteiger partial charge in [-0.15, -0.1) is 5.10 Å². The van der Waals surface area contributed by atoms with Gasteiger partial charge >= 0.3 is 6.03 Å². The summed E-state index contributed by atoms with van der Waals surface area (Å²) in [6, 6.07) is 10.8. The van der Waals surface area contributed by atoms with E-state index >= 15 is 0 Å². The van der Waals surface area contributed by atoms with E-state index < -0.39 is 0 Å². The van der Waals surface area contributed by atoms with Crippen LogP contribution in [0.15, 0.2) is 36.5 Å². The molecule has 2 fully saturated rings. The third-order valence-electron chi connectivity index (χ3n) is 7.95. The van der Waals surface area contributed by atoms with Gasteiger partial charge in [-0.2, -0.15) is 0 Å². The van der Waals surface area contributed by atoms with Crippen LogP contribution in [0.5, 0.6) is 0 Å². The fraction of sp³-hybridized carbons (Fsp3) is 0.630. The first-order valence-electron chi connectivity index (χ1n) is 13.6. The molecule has 1 aromatic heterocycles. The molecule has 3 aliphatic heterocycles. The standard InChI is InChI=1S/C27H39N7O2/c35-26-10-4-5-14-34-24(16-30-31-34)11-13-29-27(36)28-12-6-9-25-23-15-22(19-33(25)26)18-32(20-23)17-21-7-2-1-3-8-21/h1-3,7-8,16,22-23,25H,4-6,9-15,17-20H2,(H2,28,29,36)/t22?,23-,25?/m0/s1. The second kappa shape index (κ2) is 11.9. The summed E-state index contributed by atoms with van der Waals surface area (Å²) < 4.78 is 1.90. The number of carbonyl (C=O) groups excluding carboxylic acids is 2. The number of fused-ring (bicyclic) bond motifs is 5. The molecule has 3 atom stereocenters. The van der Waals surface area contributed by atoms with Crippen molar-refractivity contribution < 1.29 is 9.59 Å². The number of hydrogen-bond donors (Lipinski definition) is 2. The Morgan fingerprint density at radius 2 is 1.81 bits per heavy atom. The number of benzene rings is 1. The minimum Gasteiger partial charge on any atom is -0.339 e. The van der Waals surface area contributed by atoms with Crippen LogP contribution in [-0.4, -0.2) is 75.5 Å². The topological polar surface area (TPSA) is 95.4 Å². The van der Waals surface area contributed by atoms with Crippen molar-refractivity contribution in [3.8, 4) is 0 Å². The van der Waals surface area contributed by atoms with E-state index in [2.05, 4.69) is 61.1 Å². The first-order valence-corrected chi connectivity index (χ1v) is 13.6. The van der Waals surface area contributed by atoms with Crippen molar-refractivity contribution in [1.82, 2.24) is 35.4 Å². The quantitative estimate of drug-likeness (QED) is 0.670. The predicted octanol–water partition coefficient (Wildman–Crippen LogP) is 2.43. The highest BCUT2D eigenvalue weighted by Crippen LogP contribution is 2.36. The Kier molecular flexibility index (Phi) is 8.15. The van der Waals surface area contributed by atoms with Crippen molar-refractivity contribution in [3.05, 3.63) is 47.8 Å². The molecular weight excluding hydrogens is 454 g/mol. The molecule has 3 aliphatic rings. The highest BCUT2D eigenvalue weighted by atomic mass is 16.2. The molecule has 5 rings (SSSR count). The van der Waals surface area contributed by atoms with E-state index in [1.54, 1.807) is 6.20 Å². The first-order chi connectivity index (χ1) is 17.7. The van der Waals surface area contributed by atoms with Gasteiger partial charge in [-0.05, 0) is 49.5 Å². The summed E-state index contributed by atoms with van der Waals surface area (Å²) in [6.45, 7) is 5.83. The molecule has 36 heavy (non-hydrogen) atoms. The molecule has 2 aromatic rings. The molecule has 4 heterocycles. The average Bonchev–Trinajstić information content (AvgIpc) is 3.32. The lowest BCUT2D eigenvalue weighted by Gasteiger charge is -2.51. The Labute approximate surface area is 213 Å². The number of rotatable bonds is 2. The molecule has 0 radical (unpaired) electrons.